The van der Waals surface area contributed by atoms with E-state index < -0.39 is 48.0 Å². The standard InChI is InChI=1S/C19H25F3N2O3.C2HF3O2/c1-27-8-7-24-6-2-5-18(17(24)26)11-19(21,22)13-23(12-18)10-14-3-4-16(25)15(20)9-14;3-2(4,5)1(6)7/h3-4,9,25H,2,5-8,10-13H2,1H3;(H,6,7). The highest BCUT2D eigenvalue weighted by Crippen LogP contribution is 2.45. The van der Waals surface area contributed by atoms with E-state index in [0.717, 1.165) is 6.07 Å². The number of carbonyl (C=O) groups is 2. The van der Waals surface area contributed by atoms with Gasteiger partial charge in [-0.1, -0.05) is 6.07 Å². The lowest BCUT2D eigenvalue weighted by atomic mass is 9.71. The minimum absolute atomic E-state index is 0.0971. The molecular weight excluding hydrogens is 474 g/mol. The predicted octanol–water partition coefficient (Wildman–Crippen LogP) is 3.26. The zero-order chi connectivity index (χ0) is 25.7. The molecule has 1 aromatic rings. The van der Waals surface area contributed by atoms with E-state index in [1.807, 2.05) is 0 Å². The lowest BCUT2D eigenvalue weighted by Crippen LogP contribution is -2.61. The topological polar surface area (TPSA) is 90.3 Å². The SMILES string of the molecule is COCCN1CCCC2(CN(Cc3ccc(O)c(F)c3)CC(F)(F)C2)C1=O.O=C(O)C(F)(F)F. The number of amides is 1. The second-order valence-corrected chi connectivity index (χ2v) is 8.44. The molecule has 2 aliphatic rings. The maximum absolute atomic E-state index is 14.5. The van der Waals surface area contributed by atoms with Gasteiger partial charge in [-0.15, -0.1) is 0 Å². The molecule has 1 atom stereocenters. The zero-order valence-corrected chi connectivity index (χ0v) is 18.4. The highest BCUT2D eigenvalue weighted by Gasteiger charge is 2.55. The highest BCUT2D eigenvalue weighted by molar-refractivity contribution is 5.84. The molecule has 0 radical (unpaired) electrons. The first kappa shape index (κ1) is 27.7. The lowest BCUT2D eigenvalue weighted by Gasteiger charge is -2.49. The Morgan fingerprint density at radius 1 is 1.24 bits per heavy atom. The molecular formula is C21H26F6N2O5. The van der Waals surface area contributed by atoms with E-state index >= 15 is 0 Å². The number of benzene rings is 1. The van der Waals surface area contributed by atoms with Crippen LogP contribution in [0.3, 0.4) is 0 Å². The first-order valence-electron chi connectivity index (χ1n) is 10.4. The number of likely N-dealkylation sites (tertiary alicyclic amines) is 2. The number of phenolic OH excluding ortho intramolecular Hbond substituents is 1. The minimum Gasteiger partial charge on any atom is -0.505 e. The quantitative estimate of drug-likeness (QED) is 0.604. The molecule has 2 heterocycles. The van der Waals surface area contributed by atoms with Crippen LogP contribution >= 0.6 is 0 Å². The molecule has 2 aliphatic heterocycles. The monoisotopic (exact) mass is 500 g/mol. The first-order chi connectivity index (χ1) is 15.7. The molecule has 3 rings (SSSR count). The van der Waals surface area contributed by atoms with Crippen LogP contribution in [0.25, 0.3) is 0 Å². The van der Waals surface area contributed by atoms with Gasteiger partial charge in [-0.05, 0) is 30.5 Å². The van der Waals surface area contributed by atoms with Crippen molar-refractivity contribution in [1.82, 2.24) is 9.80 Å². The van der Waals surface area contributed by atoms with Gasteiger partial charge in [0, 0.05) is 39.7 Å². The van der Waals surface area contributed by atoms with E-state index in [1.165, 1.54) is 24.1 Å². The molecule has 34 heavy (non-hydrogen) atoms. The first-order valence-corrected chi connectivity index (χ1v) is 10.4. The summed E-state index contributed by atoms with van der Waals surface area (Å²) in [5.74, 6) is -7.26. The Morgan fingerprint density at radius 3 is 2.44 bits per heavy atom. The summed E-state index contributed by atoms with van der Waals surface area (Å²) in [6.07, 6.45) is -4.44. The minimum atomic E-state index is -5.08. The van der Waals surface area contributed by atoms with Gasteiger partial charge in [-0.2, -0.15) is 13.2 Å². The van der Waals surface area contributed by atoms with Crippen LogP contribution in [-0.2, 0) is 20.9 Å². The molecule has 2 fully saturated rings. The van der Waals surface area contributed by atoms with Gasteiger partial charge in [0.1, 0.15) is 0 Å². The highest BCUT2D eigenvalue weighted by atomic mass is 19.4. The molecule has 2 saturated heterocycles. The van der Waals surface area contributed by atoms with Gasteiger partial charge in [0.15, 0.2) is 11.6 Å². The van der Waals surface area contributed by atoms with Crippen LogP contribution in [0.1, 0.15) is 24.8 Å². The lowest BCUT2D eigenvalue weighted by molar-refractivity contribution is -0.192. The maximum atomic E-state index is 14.5. The number of ether oxygens (including phenoxy) is 1. The number of rotatable bonds is 5. The van der Waals surface area contributed by atoms with Crippen molar-refractivity contribution in [2.45, 2.75) is 37.9 Å². The average Bonchev–Trinajstić information content (AvgIpc) is 2.70. The Morgan fingerprint density at radius 2 is 1.88 bits per heavy atom. The Bertz CT molecular complexity index is 882. The number of alkyl halides is 5. The summed E-state index contributed by atoms with van der Waals surface area (Å²) in [4.78, 5) is 25.0. The molecule has 192 valence electrons. The number of aromatic hydroxyl groups is 1. The van der Waals surface area contributed by atoms with Crippen molar-refractivity contribution in [2.24, 2.45) is 5.41 Å². The number of carboxylic acid groups (broad SMARTS) is 1. The van der Waals surface area contributed by atoms with Crippen LogP contribution in [0.4, 0.5) is 26.3 Å². The number of carbonyl (C=O) groups excluding carboxylic acids is 1. The molecule has 13 heteroatoms. The molecule has 2 N–H and O–H groups in total. The summed E-state index contributed by atoms with van der Waals surface area (Å²) >= 11 is 0. The number of halogens is 6. The van der Waals surface area contributed by atoms with Gasteiger partial charge in [0.05, 0.1) is 18.6 Å². The van der Waals surface area contributed by atoms with Crippen molar-refractivity contribution in [3.05, 3.63) is 29.6 Å². The molecule has 0 aliphatic carbocycles. The molecule has 1 amide bonds. The normalized spacial score (nSPS) is 22.9. The van der Waals surface area contributed by atoms with E-state index in [1.54, 1.807) is 4.90 Å². The number of phenols is 1. The van der Waals surface area contributed by atoms with Crippen molar-refractivity contribution < 1.29 is 50.9 Å². The number of hydrogen-bond acceptors (Lipinski definition) is 5. The van der Waals surface area contributed by atoms with E-state index in [2.05, 4.69) is 0 Å². The summed E-state index contributed by atoms with van der Waals surface area (Å²) in [7, 11) is 1.54. The Kier molecular flexibility index (Phi) is 8.81. The third-order valence-corrected chi connectivity index (χ3v) is 5.63. The fraction of sp³-hybridized carbons (Fsp3) is 0.619. The summed E-state index contributed by atoms with van der Waals surface area (Å²) in [6, 6.07) is 3.86. The third kappa shape index (κ3) is 7.23. The fourth-order valence-electron chi connectivity index (χ4n) is 4.31. The summed E-state index contributed by atoms with van der Waals surface area (Å²) in [6.45, 7) is 1.16. The second kappa shape index (κ2) is 10.8. The van der Waals surface area contributed by atoms with Crippen LogP contribution in [0, 0.1) is 11.2 Å². The number of carboxylic acids is 1. The van der Waals surface area contributed by atoms with Crippen LogP contribution < -0.4 is 0 Å². The second-order valence-electron chi connectivity index (χ2n) is 8.44. The summed E-state index contributed by atoms with van der Waals surface area (Å²) in [5.41, 5.74) is -0.638. The smallest absolute Gasteiger partial charge is 0.490 e. The fourth-order valence-corrected chi connectivity index (χ4v) is 4.31. The van der Waals surface area contributed by atoms with Gasteiger partial charge >= 0.3 is 12.1 Å². The molecule has 0 bridgehead atoms. The van der Waals surface area contributed by atoms with Gasteiger partial charge in [-0.25, -0.2) is 18.0 Å². The number of methoxy groups -OCH3 is 1. The van der Waals surface area contributed by atoms with Crippen molar-refractivity contribution >= 4 is 11.9 Å². The molecule has 7 nitrogen and oxygen atoms in total. The van der Waals surface area contributed by atoms with E-state index in [9.17, 15) is 36.2 Å². The average molecular weight is 500 g/mol. The maximum Gasteiger partial charge on any atom is 0.490 e. The van der Waals surface area contributed by atoms with E-state index in [-0.39, 0.29) is 19.0 Å². The number of nitrogens with zero attached hydrogens (tertiary/aromatic N) is 2. The zero-order valence-electron chi connectivity index (χ0n) is 18.4. The van der Waals surface area contributed by atoms with Crippen molar-refractivity contribution in [1.29, 1.82) is 0 Å². The van der Waals surface area contributed by atoms with Crippen molar-refractivity contribution in [3.8, 4) is 5.75 Å². The number of aliphatic carboxylic acids is 1. The van der Waals surface area contributed by atoms with Crippen LogP contribution in [0.15, 0.2) is 18.2 Å². The largest absolute Gasteiger partial charge is 0.505 e. The summed E-state index contributed by atoms with van der Waals surface area (Å²) in [5, 5.41) is 16.4. The Labute approximate surface area is 191 Å². The van der Waals surface area contributed by atoms with E-state index in [4.69, 9.17) is 14.6 Å². The van der Waals surface area contributed by atoms with Gasteiger partial charge in [-0.3, -0.25) is 9.69 Å². The van der Waals surface area contributed by atoms with Crippen molar-refractivity contribution in [3.63, 3.8) is 0 Å². The molecule has 1 aromatic carbocycles. The molecule has 0 aromatic heterocycles. The van der Waals surface area contributed by atoms with Crippen molar-refractivity contribution in [2.75, 3.05) is 39.9 Å². The van der Waals surface area contributed by atoms with E-state index in [0.29, 0.717) is 38.1 Å². The Hall–Kier alpha value is -2.54. The third-order valence-electron chi connectivity index (χ3n) is 5.63. The number of piperidine rings is 2. The van der Waals surface area contributed by atoms with Crippen LogP contribution in [0.5, 0.6) is 5.75 Å². The van der Waals surface area contributed by atoms with Gasteiger partial charge < -0.3 is 19.8 Å². The molecule has 1 unspecified atom stereocenters. The molecule has 0 saturated carbocycles. The van der Waals surface area contributed by atoms with Gasteiger partial charge in [0.2, 0.25) is 5.91 Å². The van der Waals surface area contributed by atoms with Gasteiger partial charge in [0.25, 0.3) is 5.92 Å². The molecule has 1 spiro atoms. The predicted molar refractivity (Wildman–Crippen MR) is 107 cm³/mol. The summed E-state index contributed by atoms with van der Waals surface area (Å²) < 4.78 is 79.4. The van der Waals surface area contributed by atoms with Crippen LogP contribution in [-0.4, -0.2) is 83.9 Å². The number of hydrogen-bond donors (Lipinski definition) is 2. The van der Waals surface area contributed by atoms with Crippen LogP contribution in [0.2, 0.25) is 0 Å². The Balaban J connectivity index is 0.000000509.